The molecule has 0 bridgehead atoms. The standard InChI is InChI=1S/C8H5BrN2O3/c9-6-2-1-4(14-6)3-5-7(12)11-8(13)10-5/h1-3H,(H2,10,11,12,13)/b5-3-. The quantitative estimate of drug-likeness (QED) is 0.587. The average Bonchev–Trinajstić information content (AvgIpc) is 2.61. The number of urea groups is 1. The first-order valence-corrected chi connectivity index (χ1v) is 4.54. The van der Waals surface area contributed by atoms with Crippen LogP contribution in [0, 0.1) is 0 Å². The molecule has 0 radical (unpaired) electrons. The van der Waals surface area contributed by atoms with Crippen LogP contribution in [-0.2, 0) is 4.79 Å². The number of rotatable bonds is 1. The summed E-state index contributed by atoms with van der Waals surface area (Å²) < 4.78 is 5.70. The normalized spacial score (nSPS) is 18.5. The van der Waals surface area contributed by atoms with Crippen LogP contribution in [0.5, 0.6) is 0 Å². The molecule has 0 atom stereocenters. The minimum absolute atomic E-state index is 0.178. The lowest BCUT2D eigenvalue weighted by molar-refractivity contribution is -0.115. The Kier molecular flexibility index (Phi) is 2.12. The van der Waals surface area contributed by atoms with Crippen molar-refractivity contribution in [3.63, 3.8) is 0 Å². The van der Waals surface area contributed by atoms with Crippen LogP contribution in [0.2, 0.25) is 0 Å². The lowest BCUT2D eigenvalue weighted by atomic mass is 10.3. The van der Waals surface area contributed by atoms with Crippen LogP contribution in [-0.4, -0.2) is 11.9 Å². The molecule has 1 aliphatic heterocycles. The van der Waals surface area contributed by atoms with Crippen molar-refractivity contribution in [3.8, 4) is 0 Å². The number of carbonyl (C=O) groups is 2. The van der Waals surface area contributed by atoms with Gasteiger partial charge in [0.15, 0.2) is 4.67 Å². The van der Waals surface area contributed by atoms with Gasteiger partial charge in [-0.3, -0.25) is 10.1 Å². The van der Waals surface area contributed by atoms with Gasteiger partial charge in [-0.05, 0) is 28.1 Å². The van der Waals surface area contributed by atoms with Gasteiger partial charge >= 0.3 is 6.03 Å². The molecule has 14 heavy (non-hydrogen) atoms. The van der Waals surface area contributed by atoms with E-state index in [0.29, 0.717) is 10.4 Å². The van der Waals surface area contributed by atoms with Crippen LogP contribution < -0.4 is 10.6 Å². The molecular weight excluding hydrogens is 252 g/mol. The average molecular weight is 257 g/mol. The molecule has 6 heteroatoms. The first-order valence-electron chi connectivity index (χ1n) is 3.74. The number of carbonyl (C=O) groups excluding carboxylic acids is 2. The summed E-state index contributed by atoms with van der Waals surface area (Å²) >= 11 is 3.12. The second kappa shape index (κ2) is 3.30. The van der Waals surface area contributed by atoms with Crippen molar-refractivity contribution in [1.82, 2.24) is 10.6 Å². The van der Waals surface area contributed by atoms with Gasteiger partial charge in [0, 0.05) is 6.08 Å². The highest BCUT2D eigenvalue weighted by Gasteiger charge is 2.23. The zero-order valence-corrected chi connectivity index (χ0v) is 8.42. The highest BCUT2D eigenvalue weighted by molar-refractivity contribution is 9.10. The molecule has 1 aromatic rings. The van der Waals surface area contributed by atoms with E-state index in [9.17, 15) is 9.59 Å². The van der Waals surface area contributed by atoms with Crippen LogP contribution in [0.1, 0.15) is 5.76 Å². The molecule has 2 rings (SSSR count). The van der Waals surface area contributed by atoms with E-state index >= 15 is 0 Å². The molecule has 0 spiro atoms. The number of halogens is 1. The van der Waals surface area contributed by atoms with Gasteiger partial charge in [-0.25, -0.2) is 4.79 Å². The molecule has 5 nitrogen and oxygen atoms in total. The third-order valence-corrected chi connectivity index (χ3v) is 2.03. The Morgan fingerprint density at radius 3 is 2.57 bits per heavy atom. The minimum atomic E-state index is -0.521. The third kappa shape index (κ3) is 1.69. The first kappa shape index (κ1) is 9.01. The van der Waals surface area contributed by atoms with Gasteiger partial charge in [-0.15, -0.1) is 0 Å². The summed E-state index contributed by atoms with van der Waals surface area (Å²) in [4.78, 5) is 21.8. The summed E-state index contributed by atoms with van der Waals surface area (Å²) in [6.45, 7) is 0. The van der Waals surface area contributed by atoms with E-state index in [1.807, 2.05) is 0 Å². The highest BCUT2D eigenvalue weighted by Crippen LogP contribution is 2.16. The summed E-state index contributed by atoms with van der Waals surface area (Å²) in [5, 5.41) is 4.43. The van der Waals surface area contributed by atoms with Crippen molar-refractivity contribution >= 4 is 33.9 Å². The fraction of sp³-hybridized carbons (Fsp3) is 0. The lowest BCUT2D eigenvalue weighted by Gasteiger charge is -1.90. The van der Waals surface area contributed by atoms with E-state index in [0.717, 1.165) is 0 Å². The van der Waals surface area contributed by atoms with Crippen molar-refractivity contribution in [2.45, 2.75) is 0 Å². The van der Waals surface area contributed by atoms with Gasteiger partial charge in [0.25, 0.3) is 5.91 Å². The molecule has 1 fully saturated rings. The van der Waals surface area contributed by atoms with Crippen molar-refractivity contribution in [2.24, 2.45) is 0 Å². The van der Waals surface area contributed by atoms with Gasteiger partial charge in [-0.2, -0.15) is 0 Å². The van der Waals surface area contributed by atoms with Crippen LogP contribution in [0.15, 0.2) is 26.9 Å². The van der Waals surface area contributed by atoms with Gasteiger partial charge in [0.05, 0.1) is 0 Å². The van der Waals surface area contributed by atoms with Crippen LogP contribution in [0.25, 0.3) is 6.08 Å². The van der Waals surface area contributed by atoms with Crippen LogP contribution in [0.4, 0.5) is 4.79 Å². The van der Waals surface area contributed by atoms with Crippen molar-refractivity contribution < 1.29 is 14.0 Å². The zero-order chi connectivity index (χ0) is 10.1. The molecule has 2 N–H and O–H groups in total. The SMILES string of the molecule is O=C1NC(=O)/C(=C/c2ccc(Br)o2)N1. The number of amides is 3. The van der Waals surface area contributed by atoms with E-state index in [1.165, 1.54) is 6.08 Å². The number of hydrogen-bond acceptors (Lipinski definition) is 3. The third-order valence-electron chi connectivity index (χ3n) is 1.60. The minimum Gasteiger partial charge on any atom is -0.450 e. The Labute approximate surface area is 87.3 Å². The Balaban J connectivity index is 2.27. The molecule has 1 aromatic heterocycles. The maximum absolute atomic E-state index is 11.1. The number of imide groups is 1. The summed E-state index contributed by atoms with van der Waals surface area (Å²) in [6.07, 6.45) is 1.45. The smallest absolute Gasteiger partial charge is 0.326 e. The van der Waals surface area contributed by atoms with E-state index in [1.54, 1.807) is 12.1 Å². The van der Waals surface area contributed by atoms with E-state index in [2.05, 4.69) is 26.6 Å². The fourth-order valence-corrected chi connectivity index (χ4v) is 1.35. The summed E-state index contributed by atoms with van der Waals surface area (Å²) in [5.74, 6) is 0.0340. The molecule has 2 heterocycles. The number of nitrogens with one attached hydrogen (secondary N) is 2. The van der Waals surface area contributed by atoms with Gasteiger partial charge < -0.3 is 9.73 Å². The second-order valence-electron chi connectivity index (χ2n) is 2.61. The molecule has 0 aliphatic carbocycles. The van der Waals surface area contributed by atoms with E-state index in [4.69, 9.17) is 4.42 Å². The van der Waals surface area contributed by atoms with Gasteiger partial charge in [0.1, 0.15) is 11.5 Å². The maximum Gasteiger partial charge on any atom is 0.326 e. The topological polar surface area (TPSA) is 71.3 Å². The molecule has 3 amide bonds. The number of hydrogen-bond donors (Lipinski definition) is 2. The molecular formula is C8H5BrN2O3. The van der Waals surface area contributed by atoms with E-state index < -0.39 is 11.9 Å². The Morgan fingerprint density at radius 2 is 2.07 bits per heavy atom. The molecule has 72 valence electrons. The molecule has 0 unspecified atom stereocenters. The fourth-order valence-electron chi connectivity index (χ4n) is 1.03. The predicted molar refractivity (Wildman–Crippen MR) is 51.1 cm³/mol. The van der Waals surface area contributed by atoms with E-state index in [-0.39, 0.29) is 5.70 Å². The molecule has 1 saturated heterocycles. The second-order valence-corrected chi connectivity index (χ2v) is 3.39. The molecule has 0 aromatic carbocycles. The largest absolute Gasteiger partial charge is 0.450 e. The Hall–Kier alpha value is -1.56. The number of furan rings is 1. The summed E-state index contributed by atoms with van der Waals surface area (Å²) in [6, 6.07) is 2.85. The summed E-state index contributed by atoms with van der Waals surface area (Å²) in [7, 11) is 0. The lowest BCUT2D eigenvalue weighted by Crippen LogP contribution is -2.22. The first-order chi connectivity index (χ1) is 6.65. The molecule has 0 saturated carbocycles. The maximum atomic E-state index is 11.1. The zero-order valence-electron chi connectivity index (χ0n) is 6.83. The highest BCUT2D eigenvalue weighted by atomic mass is 79.9. The van der Waals surface area contributed by atoms with Gasteiger partial charge in [0.2, 0.25) is 0 Å². The van der Waals surface area contributed by atoms with Crippen LogP contribution in [0.3, 0.4) is 0 Å². The van der Waals surface area contributed by atoms with Crippen LogP contribution >= 0.6 is 15.9 Å². The van der Waals surface area contributed by atoms with Crippen molar-refractivity contribution in [3.05, 3.63) is 28.3 Å². The predicted octanol–water partition coefficient (Wildman–Crippen LogP) is 1.22. The van der Waals surface area contributed by atoms with Gasteiger partial charge in [-0.1, -0.05) is 0 Å². The monoisotopic (exact) mass is 256 g/mol. The Bertz CT molecular complexity index is 436. The summed E-state index contributed by atoms with van der Waals surface area (Å²) in [5.41, 5.74) is 0.178. The Morgan fingerprint density at radius 1 is 1.29 bits per heavy atom. The molecule has 1 aliphatic rings. The van der Waals surface area contributed by atoms with Crippen molar-refractivity contribution in [2.75, 3.05) is 0 Å². The van der Waals surface area contributed by atoms with Crippen molar-refractivity contribution in [1.29, 1.82) is 0 Å².